The molecule has 0 atom stereocenters. The van der Waals surface area contributed by atoms with Gasteiger partial charge in [-0.1, -0.05) is 11.6 Å². The number of halogens is 2. The molecule has 0 aliphatic heterocycles. The summed E-state index contributed by atoms with van der Waals surface area (Å²) in [5.41, 5.74) is 8.89. The lowest BCUT2D eigenvalue weighted by atomic mass is 10.0. The van der Waals surface area contributed by atoms with Crippen LogP contribution in [0.4, 0.5) is 10.2 Å². The summed E-state index contributed by atoms with van der Waals surface area (Å²) in [5.74, 6) is 0.661. The maximum Gasteiger partial charge on any atom is 0.157 e. The van der Waals surface area contributed by atoms with Crippen molar-refractivity contribution < 1.29 is 8.81 Å². The molecule has 21 heavy (non-hydrogen) atoms. The second-order valence-electron chi connectivity index (χ2n) is 4.79. The highest BCUT2D eigenvalue weighted by molar-refractivity contribution is 6.33. The Hall–Kier alpha value is -2.27. The Bertz CT molecular complexity index is 822. The predicted octanol–water partition coefficient (Wildman–Crippen LogP) is 4.03. The van der Waals surface area contributed by atoms with Gasteiger partial charge in [-0.25, -0.2) is 4.39 Å². The van der Waals surface area contributed by atoms with E-state index in [0.717, 1.165) is 5.56 Å². The number of furan rings is 1. The molecule has 0 radical (unpaired) electrons. The molecule has 0 bridgehead atoms. The molecule has 0 unspecified atom stereocenters. The normalized spacial score (nSPS) is 11.0. The molecule has 2 N–H and O–H groups in total. The van der Waals surface area contributed by atoms with Crippen molar-refractivity contribution >= 4 is 17.4 Å². The van der Waals surface area contributed by atoms with E-state index in [2.05, 4.69) is 5.10 Å². The molecule has 0 saturated heterocycles. The molecule has 108 valence electrons. The lowest BCUT2D eigenvalue weighted by Gasteiger charge is -2.06. The molecule has 3 aromatic rings. The van der Waals surface area contributed by atoms with Gasteiger partial charge in [0.2, 0.25) is 0 Å². The van der Waals surface area contributed by atoms with E-state index >= 15 is 0 Å². The molecular weight excluding hydrogens is 293 g/mol. The van der Waals surface area contributed by atoms with E-state index in [1.165, 1.54) is 12.1 Å². The van der Waals surface area contributed by atoms with E-state index < -0.39 is 5.82 Å². The van der Waals surface area contributed by atoms with Gasteiger partial charge in [-0.3, -0.25) is 4.68 Å². The van der Waals surface area contributed by atoms with Gasteiger partial charge in [-0.05, 0) is 36.8 Å². The maximum absolute atomic E-state index is 13.3. The van der Waals surface area contributed by atoms with E-state index in [-0.39, 0.29) is 5.02 Å². The molecule has 0 spiro atoms. The number of benzene rings is 1. The first-order chi connectivity index (χ1) is 9.99. The summed E-state index contributed by atoms with van der Waals surface area (Å²) < 4.78 is 20.3. The minimum absolute atomic E-state index is 0.278. The standard InChI is InChI=1S/C15H13ClFN3O/c1-8-5-6-21-14(8)13-12(15(18)20(2)19-13)10-4-3-9(17)7-11(10)16/h3-7H,18H2,1-2H3. The van der Waals surface area contributed by atoms with Crippen molar-refractivity contribution in [2.24, 2.45) is 7.05 Å². The fourth-order valence-electron chi connectivity index (χ4n) is 2.27. The van der Waals surface area contributed by atoms with Crippen LogP contribution in [-0.4, -0.2) is 9.78 Å². The van der Waals surface area contributed by atoms with Crippen molar-refractivity contribution in [3.63, 3.8) is 0 Å². The summed E-state index contributed by atoms with van der Waals surface area (Å²) in [7, 11) is 1.73. The van der Waals surface area contributed by atoms with Gasteiger partial charge in [0.25, 0.3) is 0 Å². The molecule has 4 nitrogen and oxygen atoms in total. The Labute approximate surface area is 125 Å². The fraction of sp³-hybridized carbons (Fsp3) is 0.133. The number of nitrogens with two attached hydrogens (primary N) is 1. The van der Waals surface area contributed by atoms with Crippen LogP contribution in [0, 0.1) is 12.7 Å². The van der Waals surface area contributed by atoms with Crippen LogP contribution >= 0.6 is 11.6 Å². The smallest absolute Gasteiger partial charge is 0.157 e. The molecule has 2 heterocycles. The van der Waals surface area contributed by atoms with Crippen LogP contribution in [0.2, 0.25) is 5.02 Å². The topological polar surface area (TPSA) is 57.0 Å². The predicted molar refractivity (Wildman–Crippen MR) is 80.5 cm³/mol. The van der Waals surface area contributed by atoms with Crippen molar-refractivity contribution in [2.75, 3.05) is 5.73 Å². The van der Waals surface area contributed by atoms with Gasteiger partial charge < -0.3 is 10.2 Å². The lowest BCUT2D eigenvalue weighted by Crippen LogP contribution is -1.98. The molecule has 1 aromatic carbocycles. The Morgan fingerprint density at radius 3 is 2.71 bits per heavy atom. The Morgan fingerprint density at radius 2 is 2.10 bits per heavy atom. The van der Waals surface area contributed by atoms with Gasteiger partial charge in [0.15, 0.2) is 5.76 Å². The molecule has 0 saturated carbocycles. The Balaban J connectivity index is 2.30. The quantitative estimate of drug-likeness (QED) is 0.777. The van der Waals surface area contributed by atoms with Gasteiger partial charge in [0, 0.05) is 12.6 Å². The molecule has 0 fully saturated rings. The van der Waals surface area contributed by atoms with Crippen LogP contribution in [0.3, 0.4) is 0 Å². The average molecular weight is 306 g/mol. The number of hydrogen-bond acceptors (Lipinski definition) is 3. The number of nitrogens with zero attached hydrogens (tertiary/aromatic N) is 2. The van der Waals surface area contributed by atoms with Crippen LogP contribution in [0.25, 0.3) is 22.6 Å². The molecule has 2 aromatic heterocycles. The SMILES string of the molecule is Cc1ccoc1-c1nn(C)c(N)c1-c1ccc(F)cc1Cl. The molecule has 6 heteroatoms. The highest BCUT2D eigenvalue weighted by Crippen LogP contribution is 2.40. The van der Waals surface area contributed by atoms with Crippen LogP contribution in [0.1, 0.15) is 5.56 Å². The average Bonchev–Trinajstić information content (AvgIpc) is 2.96. The van der Waals surface area contributed by atoms with Gasteiger partial charge in [0.05, 0.1) is 16.8 Å². The maximum atomic E-state index is 13.3. The molecule has 0 amide bonds. The summed E-state index contributed by atoms with van der Waals surface area (Å²) >= 11 is 6.16. The fourth-order valence-corrected chi connectivity index (χ4v) is 2.53. The van der Waals surface area contributed by atoms with E-state index in [9.17, 15) is 4.39 Å². The Morgan fingerprint density at radius 1 is 1.33 bits per heavy atom. The summed E-state index contributed by atoms with van der Waals surface area (Å²) in [6, 6.07) is 6.03. The summed E-state index contributed by atoms with van der Waals surface area (Å²) in [4.78, 5) is 0. The van der Waals surface area contributed by atoms with Crippen molar-refractivity contribution in [1.29, 1.82) is 0 Å². The zero-order valence-electron chi connectivity index (χ0n) is 11.5. The van der Waals surface area contributed by atoms with Gasteiger partial charge in [0.1, 0.15) is 17.3 Å². The van der Waals surface area contributed by atoms with Crippen LogP contribution in [0.15, 0.2) is 34.9 Å². The van der Waals surface area contributed by atoms with E-state index in [0.29, 0.717) is 28.4 Å². The van der Waals surface area contributed by atoms with Crippen molar-refractivity contribution in [2.45, 2.75) is 6.92 Å². The van der Waals surface area contributed by atoms with Crippen molar-refractivity contribution in [3.05, 3.63) is 46.9 Å². The molecule has 0 aliphatic carbocycles. The summed E-state index contributed by atoms with van der Waals surface area (Å²) in [6.45, 7) is 1.92. The number of aromatic nitrogens is 2. The number of rotatable bonds is 2. The first-order valence-corrected chi connectivity index (χ1v) is 6.69. The van der Waals surface area contributed by atoms with Gasteiger partial charge in [-0.15, -0.1) is 0 Å². The minimum atomic E-state index is -0.401. The molecular formula is C15H13ClFN3O. The third kappa shape index (κ3) is 2.19. The van der Waals surface area contributed by atoms with E-state index in [1.807, 2.05) is 13.0 Å². The summed E-state index contributed by atoms with van der Waals surface area (Å²) in [6.07, 6.45) is 1.59. The molecule has 3 rings (SSSR count). The highest BCUT2D eigenvalue weighted by atomic mass is 35.5. The number of aryl methyl sites for hydroxylation is 2. The van der Waals surface area contributed by atoms with Crippen LogP contribution in [0.5, 0.6) is 0 Å². The number of nitrogen functional groups attached to an aromatic ring is 1. The first-order valence-electron chi connectivity index (χ1n) is 6.31. The number of hydrogen-bond donors (Lipinski definition) is 1. The zero-order chi connectivity index (χ0) is 15.1. The second kappa shape index (κ2) is 4.93. The van der Waals surface area contributed by atoms with E-state index in [1.54, 1.807) is 24.1 Å². The summed E-state index contributed by atoms with van der Waals surface area (Å²) in [5, 5.41) is 4.68. The first kappa shape index (κ1) is 13.7. The molecule has 0 aliphatic rings. The largest absolute Gasteiger partial charge is 0.462 e. The number of anilines is 1. The van der Waals surface area contributed by atoms with Gasteiger partial charge in [-0.2, -0.15) is 5.10 Å². The van der Waals surface area contributed by atoms with Crippen molar-refractivity contribution in [1.82, 2.24) is 9.78 Å². The second-order valence-corrected chi connectivity index (χ2v) is 5.20. The van der Waals surface area contributed by atoms with Crippen molar-refractivity contribution in [3.8, 4) is 22.6 Å². The van der Waals surface area contributed by atoms with Crippen LogP contribution in [-0.2, 0) is 7.05 Å². The van der Waals surface area contributed by atoms with Crippen LogP contribution < -0.4 is 5.73 Å². The minimum Gasteiger partial charge on any atom is -0.462 e. The monoisotopic (exact) mass is 305 g/mol. The third-order valence-electron chi connectivity index (χ3n) is 3.37. The third-order valence-corrected chi connectivity index (χ3v) is 3.68. The Kier molecular flexibility index (Phi) is 3.22. The van der Waals surface area contributed by atoms with E-state index in [4.69, 9.17) is 21.8 Å². The van der Waals surface area contributed by atoms with Gasteiger partial charge >= 0.3 is 0 Å². The highest BCUT2D eigenvalue weighted by Gasteiger charge is 2.22. The zero-order valence-corrected chi connectivity index (χ0v) is 12.3. The lowest BCUT2D eigenvalue weighted by molar-refractivity contribution is 0.576.